The molecule has 5 heteroatoms. The van der Waals surface area contributed by atoms with E-state index in [9.17, 15) is 4.79 Å². The molecule has 0 atom stereocenters. The van der Waals surface area contributed by atoms with E-state index in [-0.39, 0.29) is 6.03 Å². The number of pyridine rings is 1. The van der Waals surface area contributed by atoms with Gasteiger partial charge in [-0.25, -0.2) is 4.79 Å². The lowest BCUT2D eigenvalue weighted by atomic mass is 10.2. The summed E-state index contributed by atoms with van der Waals surface area (Å²) in [5.41, 5.74) is 1.73. The largest absolute Gasteiger partial charge is 0.332 e. The van der Waals surface area contributed by atoms with Gasteiger partial charge in [-0.2, -0.15) is 0 Å². The fourth-order valence-corrected chi connectivity index (χ4v) is 1.75. The third-order valence-electron chi connectivity index (χ3n) is 2.50. The molecule has 2 rings (SSSR count). The molecule has 0 saturated carbocycles. The van der Waals surface area contributed by atoms with Crippen LogP contribution in [0.2, 0.25) is 5.02 Å². The normalized spacial score (nSPS) is 10.4. The number of amides is 2. The highest BCUT2D eigenvalue weighted by molar-refractivity contribution is 6.30. The van der Waals surface area contributed by atoms with Crippen LogP contribution in [0.25, 0.3) is 6.08 Å². The zero-order chi connectivity index (χ0) is 14.2. The fourth-order valence-electron chi connectivity index (χ4n) is 1.55. The highest BCUT2D eigenvalue weighted by Crippen LogP contribution is 2.11. The van der Waals surface area contributed by atoms with E-state index in [4.69, 9.17) is 11.6 Å². The number of halogens is 1. The first-order valence-electron chi connectivity index (χ1n) is 6.10. The number of aromatic nitrogens is 1. The van der Waals surface area contributed by atoms with Crippen LogP contribution in [-0.4, -0.2) is 11.0 Å². The first-order chi connectivity index (χ1) is 9.74. The third-order valence-corrected chi connectivity index (χ3v) is 2.73. The maximum atomic E-state index is 11.5. The topological polar surface area (TPSA) is 54.0 Å². The number of nitrogens with zero attached hydrogens (tertiary/aromatic N) is 1. The second-order valence-electron chi connectivity index (χ2n) is 4.04. The monoisotopic (exact) mass is 287 g/mol. The molecule has 0 unspecified atom stereocenters. The van der Waals surface area contributed by atoms with E-state index in [1.807, 2.05) is 36.4 Å². The Morgan fingerprint density at radius 3 is 2.90 bits per heavy atom. The Hall–Kier alpha value is -2.33. The van der Waals surface area contributed by atoms with Crippen LogP contribution < -0.4 is 10.6 Å². The van der Waals surface area contributed by atoms with Gasteiger partial charge < -0.3 is 10.6 Å². The molecular weight excluding hydrogens is 274 g/mol. The van der Waals surface area contributed by atoms with Crippen molar-refractivity contribution in [3.8, 4) is 0 Å². The number of benzene rings is 1. The van der Waals surface area contributed by atoms with Crippen LogP contribution in [0.5, 0.6) is 0 Å². The minimum atomic E-state index is -0.283. The maximum absolute atomic E-state index is 11.5. The highest BCUT2D eigenvalue weighted by Gasteiger charge is 1.97. The summed E-state index contributed by atoms with van der Waals surface area (Å²) in [7, 11) is 0. The molecule has 0 aliphatic rings. The summed E-state index contributed by atoms with van der Waals surface area (Å²) in [5, 5.41) is 5.99. The molecule has 4 nitrogen and oxygen atoms in total. The number of rotatable bonds is 4. The summed E-state index contributed by atoms with van der Waals surface area (Å²) < 4.78 is 0. The lowest BCUT2D eigenvalue weighted by molar-refractivity contribution is 0.243. The van der Waals surface area contributed by atoms with E-state index in [1.54, 1.807) is 24.5 Å². The van der Waals surface area contributed by atoms with Crippen molar-refractivity contribution in [3.05, 3.63) is 71.1 Å². The van der Waals surface area contributed by atoms with Gasteiger partial charge in [0.2, 0.25) is 0 Å². The van der Waals surface area contributed by atoms with Crippen molar-refractivity contribution < 1.29 is 4.79 Å². The van der Waals surface area contributed by atoms with Crippen molar-refractivity contribution in [2.24, 2.45) is 0 Å². The van der Waals surface area contributed by atoms with Gasteiger partial charge in [-0.3, -0.25) is 4.98 Å². The lowest BCUT2D eigenvalue weighted by Gasteiger charge is -2.03. The Balaban J connectivity index is 1.78. The number of hydrogen-bond acceptors (Lipinski definition) is 2. The van der Waals surface area contributed by atoms with E-state index in [0.717, 1.165) is 11.3 Å². The first kappa shape index (κ1) is 14.1. The van der Waals surface area contributed by atoms with Crippen molar-refractivity contribution in [1.29, 1.82) is 0 Å². The Kier molecular flexibility index (Phi) is 5.15. The smallest absolute Gasteiger partial charge is 0.319 e. The minimum Gasteiger partial charge on any atom is -0.332 e. The highest BCUT2D eigenvalue weighted by atomic mass is 35.5. The standard InChI is InChI=1S/C15H14ClN3O/c16-13-5-3-4-12(10-13)7-9-18-15(20)19-11-14-6-1-2-8-17-14/h1-10H,11H2,(H2,18,19,20)/b9-7+. The molecule has 0 aliphatic carbocycles. The predicted octanol–water partition coefficient (Wildman–Crippen LogP) is 3.21. The summed E-state index contributed by atoms with van der Waals surface area (Å²) in [6.45, 7) is 0.387. The van der Waals surface area contributed by atoms with Crippen LogP contribution in [0.15, 0.2) is 54.9 Å². The summed E-state index contributed by atoms with van der Waals surface area (Å²) in [5.74, 6) is 0. The molecule has 0 saturated heterocycles. The van der Waals surface area contributed by atoms with E-state index in [2.05, 4.69) is 15.6 Å². The zero-order valence-electron chi connectivity index (χ0n) is 10.7. The van der Waals surface area contributed by atoms with Gasteiger partial charge >= 0.3 is 6.03 Å². The molecule has 2 aromatic rings. The van der Waals surface area contributed by atoms with E-state index in [0.29, 0.717) is 11.6 Å². The van der Waals surface area contributed by atoms with Crippen LogP contribution >= 0.6 is 11.6 Å². The Morgan fingerprint density at radius 1 is 1.25 bits per heavy atom. The molecule has 0 radical (unpaired) electrons. The minimum absolute atomic E-state index is 0.283. The molecule has 1 heterocycles. The van der Waals surface area contributed by atoms with Crippen LogP contribution in [0, 0.1) is 0 Å². The summed E-state index contributed by atoms with van der Waals surface area (Å²) in [4.78, 5) is 15.7. The molecule has 0 spiro atoms. The van der Waals surface area contributed by atoms with Crippen molar-refractivity contribution in [2.45, 2.75) is 6.54 Å². The van der Waals surface area contributed by atoms with Gasteiger partial charge in [-0.15, -0.1) is 0 Å². The fraction of sp³-hybridized carbons (Fsp3) is 0.0667. The molecule has 0 aliphatic heterocycles. The second-order valence-corrected chi connectivity index (χ2v) is 4.47. The third kappa shape index (κ3) is 4.74. The molecule has 102 valence electrons. The number of carbonyl (C=O) groups is 1. The van der Waals surface area contributed by atoms with Gasteiger partial charge in [0, 0.05) is 17.4 Å². The molecule has 1 aromatic heterocycles. The predicted molar refractivity (Wildman–Crippen MR) is 80.1 cm³/mol. The SMILES string of the molecule is O=C(N/C=C/c1cccc(Cl)c1)NCc1ccccn1. The molecule has 0 fully saturated rings. The van der Waals surface area contributed by atoms with E-state index >= 15 is 0 Å². The van der Waals surface area contributed by atoms with E-state index < -0.39 is 0 Å². The van der Waals surface area contributed by atoms with Crippen molar-refractivity contribution in [3.63, 3.8) is 0 Å². The number of hydrogen-bond donors (Lipinski definition) is 2. The van der Waals surface area contributed by atoms with Crippen LogP contribution in [0.3, 0.4) is 0 Å². The maximum Gasteiger partial charge on any atom is 0.319 e. The number of nitrogens with one attached hydrogen (secondary N) is 2. The van der Waals surface area contributed by atoms with Crippen LogP contribution in [0.1, 0.15) is 11.3 Å². The number of urea groups is 1. The van der Waals surface area contributed by atoms with Gasteiger partial charge in [-0.05, 0) is 35.9 Å². The average molecular weight is 288 g/mol. The first-order valence-corrected chi connectivity index (χ1v) is 6.48. The quantitative estimate of drug-likeness (QED) is 0.907. The summed E-state index contributed by atoms with van der Waals surface area (Å²) in [6.07, 6.45) is 5.03. The van der Waals surface area contributed by atoms with Crippen LogP contribution in [0.4, 0.5) is 4.79 Å². The molecule has 20 heavy (non-hydrogen) atoms. The van der Waals surface area contributed by atoms with Gasteiger partial charge in [0.25, 0.3) is 0 Å². The molecule has 2 N–H and O–H groups in total. The van der Waals surface area contributed by atoms with Crippen molar-refractivity contribution >= 4 is 23.7 Å². The van der Waals surface area contributed by atoms with Crippen molar-refractivity contribution in [1.82, 2.24) is 15.6 Å². The second kappa shape index (κ2) is 7.31. The average Bonchev–Trinajstić information content (AvgIpc) is 2.46. The van der Waals surface area contributed by atoms with Gasteiger partial charge in [0.1, 0.15) is 0 Å². The Labute approximate surface area is 122 Å². The number of carbonyl (C=O) groups excluding carboxylic acids is 1. The van der Waals surface area contributed by atoms with Crippen molar-refractivity contribution in [2.75, 3.05) is 0 Å². The van der Waals surface area contributed by atoms with Crippen LogP contribution in [-0.2, 0) is 6.54 Å². The van der Waals surface area contributed by atoms with E-state index in [1.165, 1.54) is 0 Å². The Morgan fingerprint density at radius 2 is 2.15 bits per heavy atom. The molecule has 2 amide bonds. The molecular formula is C15H14ClN3O. The van der Waals surface area contributed by atoms with Gasteiger partial charge in [-0.1, -0.05) is 29.8 Å². The lowest BCUT2D eigenvalue weighted by Crippen LogP contribution is -2.31. The Bertz CT molecular complexity index is 599. The van der Waals surface area contributed by atoms with Gasteiger partial charge in [0.15, 0.2) is 0 Å². The summed E-state index contributed by atoms with van der Waals surface area (Å²) >= 11 is 5.86. The zero-order valence-corrected chi connectivity index (χ0v) is 11.5. The molecule has 0 bridgehead atoms. The molecule has 1 aromatic carbocycles. The summed E-state index contributed by atoms with van der Waals surface area (Å²) in [6, 6.07) is 12.6. The van der Waals surface area contributed by atoms with Gasteiger partial charge in [0.05, 0.1) is 12.2 Å².